The molecule has 0 saturated heterocycles. The summed E-state index contributed by atoms with van der Waals surface area (Å²) < 4.78 is 44.3. The molecule has 0 aromatic heterocycles. The Bertz CT molecular complexity index is 931. The van der Waals surface area contributed by atoms with Crippen molar-refractivity contribution >= 4 is 21.6 Å². The Hall–Kier alpha value is -2.61. The second kappa shape index (κ2) is 7.33. The van der Waals surface area contributed by atoms with Crippen LogP contribution in [0.1, 0.15) is 15.9 Å². The summed E-state index contributed by atoms with van der Waals surface area (Å²) in [6.45, 7) is 0.802. The number of ether oxygens (including phenoxy) is 1. The van der Waals surface area contributed by atoms with E-state index in [1.165, 1.54) is 6.07 Å². The highest BCUT2D eigenvalue weighted by Gasteiger charge is 2.21. The number of benzene rings is 2. The number of nitrogens with one attached hydrogen (secondary N) is 2. The Kier molecular flexibility index (Phi) is 5.13. The molecule has 1 heterocycles. The van der Waals surface area contributed by atoms with Gasteiger partial charge in [0.25, 0.3) is 5.91 Å². The fourth-order valence-corrected chi connectivity index (χ4v) is 3.42. The van der Waals surface area contributed by atoms with Gasteiger partial charge in [-0.05, 0) is 36.2 Å². The van der Waals surface area contributed by atoms with E-state index in [-0.39, 0.29) is 17.2 Å². The number of carbonyl (C=O) groups is 1. The number of carbonyl (C=O) groups excluding carboxylic acids is 1. The number of fused-ring (bicyclic) bond motifs is 1. The van der Waals surface area contributed by atoms with Crippen LogP contribution < -0.4 is 14.8 Å². The maximum Gasteiger partial charge on any atom is 0.253 e. The second-order valence-electron chi connectivity index (χ2n) is 6.26. The minimum absolute atomic E-state index is 0.0386. The third kappa shape index (κ3) is 4.51. The van der Waals surface area contributed by atoms with E-state index < -0.39 is 21.7 Å². The van der Waals surface area contributed by atoms with Gasteiger partial charge in [0.15, 0.2) is 0 Å². The van der Waals surface area contributed by atoms with Crippen molar-refractivity contribution in [2.75, 3.05) is 24.1 Å². The number of amides is 1. The molecule has 1 amide bonds. The van der Waals surface area contributed by atoms with Crippen molar-refractivity contribution < 1.29 is 22.3 Å². The van der Waals surface area contributed by atoms with E-state index in [0.717, 1.165) is 36.1 Å². The van der Waals surface area contributed by atoms with Crippen LogP contribution in [0.5, 0.6) is 5.75 Å². The summed E-state index contributed by atoms with van der Waals surface area (Å²) in [5.41, 5.74) is 1.05. The molecule has 3 rings (SSSR count). The first kappa shape index (κ1) is 18.2. The molecule has 2 aromatic carbocycles. The Morgan fingerprint density at radius 3 is 2.81 bits per heavy atom. The number of halogens is 1. The summed E-state index contributed by atoms with van der Waals surface area (Å²) in [5.74, 6) is -0.243. The van der Waals surface area contributed by atoms with Crippen molar-refractivity contribution in [1.29, 1.82) is 0 Å². The lowest BCUT2D eigenvalue weighted by atomic mass is 9.96. The van der Waals surface area contributed by atoms with Gasteiger partial charge in [-0.3, -0.25) is 9.52 Å². The van der Waals surface area contributed by atoms with Crippen molar-refractivity contribution in [3.05, 3.63) is 59.4 Å². The molecule has 0 fully saturated rings. The lowest BCUT2D eigenvalue weighted by molar-refractivity contribution is 0.0939. The first-order valence-electron chi connectivity index (χ1n) is 8.08. The van der Waals surface area contributed by atoms with E-state index in [1.54, 1.807) is 0 Å². The lowest BCUT2D eigenvalue weighted by Gasteiger charge is -2.25. The van der Waals surface area contributed by atoms with Gasteiger partial charge in [0.05, 0.1) is 24.1 Å². The van der Waals surface area contributed by atoms with Crippen LogP contribution in [0.15, 0.2) is 42.5 Å². The van der Waals surface area contributed by atoms with E-state index in [4.69, 9.17) is 4.74 Å². The quantitative estimate of drug-likeness (QED) is 0.835. The third-order valence-electron chi connectivity index (χ3n) is 4.03. The van der Waals surface area contributed by atoms with E-state index in [1.807, 2.05) is 24.3 Å². The lowest BCUT2D eigenvalue weighted by Crippen LogP contribution is -2.35. The predicted octanol–water partition coefficient (Wildman–Crippen LogP) is 2.18. The summed E-state index contributed by atoms with van der Waals surface area (Å²) in [6, 6.07) is 11.0. The standard InChI is InChI=1S/C18H19FN2O4S/c1-26(23,24)21-16-7-6-14(19)9-15(16)18(22)20-10-12-8-13-4-2-3-5-17(13)25-11-12/h2-7,9,12,21H,8,10-11H2,1H3,(H,20,22)/t12-/m1/s1. The highest BCUT2D eigenvalue weighted by molar-refractivity contribution is 7.92. The van der Waals surface area contributed by atoms with Crippen molar-refractivity contribution in [2.24, 2.45) is 5.92 Å². The minimum Gasteiger partial charge on any atom is -0.493 e. The van der Waals surface area contributed by atoms with Crippen molar-refractivity contribution in [3.63, 3.8) is 0 Å². The molecule has 1 aliphatic rings. The molecule has 0 unspecified atom stereocenters. The van der Waals surface area contributed by atoms with Crippen LogP contribution in [0.25, 0.3) is 0 Å². The highest BCUT2D eigenvalue weighted by atomic mass is 32.2. The summed E-state index contributed by atoms with van der Waals surface area (Å²) >= 11 is 0. The van der Waals surface area contributed by atoms with Crippen LogP contribution in [0.2, 0.25) is 0 Å². The summed E-state index contributed by atoms with van der Waals surface area (Å²) in [4.78, 5) is 12.4. The van der Waals surface area contributed by atoms with Gasteiger partial charge in [-0.15, -0.1) is 0 Å². The van der Waals surface area contributed by atoms with Gasteiger partial charge < -0.3 is 10.1 Å². The molecule has 26 heavy (non-hydrogen) atoms. The molecule has 2 aromatic rings. The molecule has 0 bridgehead atoms. The molecular formula is C18H19FN2O4S. The smallest absolute Gasteiger partial charge is 0.253 e. The van der Waals surface area contributed by atoms with E-state index >= 15 is 0 Å². The minimum atomic E-state index is -3.59. The van der Waals surface area contributed by atoms with Crippen LogP contribution in [-0.4, -0.2) is 33.7 Å². The summed E-state index contributed by atoms with van der Waals surface area (Å²) in [6.07, 6.45) is 1.73. The molecule has 0 saturated carbocycles. The van der Waals surface area contributed by atoms with Crippen LogP contribution in [0, 0.1) is 11.7 Å². The first-order valence-corrected chi connectivity index (χ1v) is 9.97. The maximum atomic E-state index is 13.5. The van der Waals surface area contributed by atoms with Gasteiger partial charge in [0, 0.05) is 12.5 Å². The SMILES string of the molecule is CS(=O)(=O)Nc1ccc(F)cc1C(=O)NC[C@@H]1COc2ccccc2C1. The molecule has 2 N–H and O–H groups in total. The van der Waals surface area contributed by atoms with Crippen LogP contribution in [0.4, 0.5) is 10.1 Å². The van der Waals surface area contributed by atoms with Gasteiger partial charge in [-0.1, -0.05) is 18.2 Å². The Balaban J connectivity index is 1.68. The van der Waals surface area contributed by atoms with Gasteiger partial charge in [0.2, 0.25) is 10.0 Å². The molecule has 0 aliphatic carbocycles. The number of para-hydroxylation sites is 1. The van der Waals surface area contributed by atoms with E-state index in [0.29, 0.717) is 13.2 Å². The fraction of sp³-hybridized carbons (Fsp3) is 0.278. The van der Waals surface area contributed by atoms with E-state index in [2.05, 4.69) is 10.0 Å². The molecule has 0 radical (unpaired) electrons. The Morgan fingerprint density at radius 2 is 2.04 bits per heavy atom. The Morgan fingerprint density at radius 1 is 1.27 bits per heavy atom. The highest BCUT2D eigenvalue weighted by Crippen LogP contribution is 2.26. The normalized spacial score (nSPS) is 16.3. The van der Waals surface area contributed by atoms with Gasteiger partial charge in [0.1, 0.15) is 11.6 Å². The second-order valence-corrected chi connectivity index (χ2v) is 8.01. The molecule has 138 valence electrons. The molecule has 8 heteroatoms. The number of rotatable bonds is 5. The number of hydrogen-bond acceptors (Lipinski definition) is 4. The van der Waals surface area contributed by atoms with Gasteiger partial charge in [-0.2, -0.15) is 0 Å². The van der Waals surface area contributed by atoms with Crippen molar-refractivity contribution in [2.45, 2.75) is 6.42 Å². The number of anilines is 1. The zero-order valence-electron chi connectivity index (χ0n) is 14.2. The molecule has 6 nitrogen and oxygen atoms in total. The van der Waals surface area contributed by atoms with Gasteiger partial charge >= 0.3 is 0 Å². The van der Waals surface area contributed by atoms with E-state index in [9.17, 15) is 17.6 Å². The zero-order valence-corrected chi connectivity index (χ0v) is 15.0. The first-order chi connectivity index (χ1) is 12.3. The number of hydrogen-bond donors (Lipinski definition) is 2. The largest absolute Gasteiger partial charge is 0.493 e. The van der Waals surface area contributed by atoms with Crippen LogP contribution >= 0.6 is 0 Å². The summed E-state index contributed by atoms with van der Waals surface area (Å²) in [5, 5.41) is 2.73. The Labute approximate surface area is 151 Å². The predicted molar refractivity (Wildman–Crippen MR) is 96.3 cm³/mol. The molecule has 1 aliphatic heterocycles. The van der Waals surface area contributed by atoms with Gasteiger partial charge in [-0.25, -0.2) is 12.8 Å². The average molecular weight is 378 g/mol. The topological polar surface area (TPSA) is 84.5 Å². The van der Waals surface area contributed by atoms with Crippen LogP contribution in [0.3, 0.4) is 0 Å². The molecular weight excluding hydrogens is 359 g/mol. The average Bonchev–Trinajstić information content (AvgIpc) is 2.60. The fourth-order valence-electron chi connectivity index (χ4n) is 2.85. The van der Waals surface area contributed by atoms with Crippen molar-refractivity contribution in [1.82, 2.24) is 5.32 Å². The molecule has 0 spiro atoms. The summed E-state index contributed by atoms with van der Waals surface area (Å²) in [7, 11) is -3.59. The monoisotopic (exact) mass is 378 g/mol. The van der Waals surface area contributed by atoms with Crippen LogP contribution in [-0.2, 0) is 16.4 Å². The third-order valence-corrected chi connectivity index (χ3v) is 4.62. The molecule has 1 atom stereocenters. The maximum absolute atomic E-state index is 13.5. The zero-order chi connectivity index (χ0) is 18.7. The number of sulfonamides is 1. The van der Waals surface area contributed by atoms with Crippen molar-refractivity contribution in [3.8, 4) is 5.75 Å².